The van der Waals surface area contributed by atoms with Gasteiger partial charge in [-0.2, -0.15) is 0 Å². The van der Waals surface area contributed by atoms with Crippen molar-refractivity contribution in [2.75, 3.05) is 26.2 Å². The van der Waals surface area contributed by atoms with E-state index < -0.39 is 28.3 Å². The van der Waals surface area contributed by atoms with Crippen LogP contribution in [0, 0.1) is 21.8 Å². The Morgan fingerprint density at radius 3 is 2.88 bits per heavy atom. The number of amides is 2. The fraction of sp³-hybridized carbons (Fsp3) is 0.467. The van der Waals surface area contributed by atoms with Crippen molar-refractivity contribution in [3.05, 3.63) is 39.7 Å². The van der Waals surface area contributed by atoms with Crippen molar-refractivity contribution < 1.29 is 18.9 Å². The molecule has 1 aromatic carbocycles. The van der Waals surface area contributed by atoms with Crippen LogP contribution < -0.4 is 11.1 Å². The third-order valence-electron chi connectivity index (χ3n) is 3.91. The third-order valence-corrected chi connectivity index (χ3v) is 3.91. The van der Waals surface area contributed by atoms with Crippen molar-refractivity contribution in [2.24, 2.45) is 11.7 Å². The van der Waals surface area contributed by atoms with Crippen LogP contribution in [0.25, 0.3) is 0 Å². The molecule has 1 heterocycles. The van der Waals surface area contributed by atoms with Crippen LogP contribution in [-0.4, -0.2) is 47.8 Å². The van der Waals surface area contributed by atoms with Crippen molar-refractivity contribution >= 4 is 17.5 Å². The third kappa shape index (κ3) is 4.05. The molecule has 1 aliphatic rings. The molecule has 1 saturated heterocycles. The summed E-state index contributed by atoms with van der Waals surface area (Å²) in [5, 5.41) is 13.7. The van der Waals surface area contributed by atoms with Crippen molar-refractivity contribution in [2.45, 2.75) is 12.8 Å². The SMILES string of the molecule is NCCNC(=O)C1CCCN(C(=O)c2cc(F)ccc2[N+](=O)[O-])C1. The smallest absolute Gasteiger partial charge is 0.282 e. The quantitative estimate of drug-likeness (QED) is 0.604. The summed E-state index contributed by atoms with van der Waals surface area (Å²) in [5.41, 5.74) is 4.59. The Kier molecular flexibility index (Phi) is 5.80. The first-order valence-electron chi connectivity index (χ1n) is 7.65. The van der Waals surface area contributed by atoms with Gasteiger partial charge in [0.25, 0.3) is 11.6 Å². The van der Waals surface area contributed by atoms with E-state index in [1.54, 1.807) is 0 Å². The molecule has 1 aromatic rings. The van der Waals surface area contributed by atoms with Crippen LogP contribution in [0.3, 0.4) is 0 Å². The summed E-state index contributed by atoms with van der Waals surface area (Å²) in [6.45, 7) is 1.17. The van der Waals surface area contributed by atoms with Crippen molar-refractivity contribution in [3.63, 3.8) is 0 Å². The number of hydrogen-bond acceptors (Lipinski definition) is 5. The number of nitrogens with one attached hydrogen (secondary N) is 1. The Bertz CT molecular complexity index is 652. The second-order valence-electron chi connectivity index (χ2n) is 5.59. The summed E-state index contributed by atoms with van der Waals surface area (Å²) in [4.78, 5) is 36.3. The van der Waals surface area contributed by atoms with Crippen LogP contribution >= 0.6 is 0 Å². The van der Waals surface area contributed by atoms with Gasteiger partial charge in [-0.15, -0.1) is 0 Å². The summed E-state index contributed by atoms with van der Waals surface area (Å²) in [6.07, 6.45) is 1.21. The van der Waals surface area contributed by atoms with Gasteiger partial charge in [0.15, 0.2) is 0 Å². The average molecular weight is 338 g/mol. The molecule has 0 aliphatic carbocycles. The highest BCUT2D eigenvalue weighted by Crippen LogP contribution is 2.24. The van der Waals surface area contributed by atoms with E-state index in [2.05, 4.69) is 5.32 Å². The molecule has 1 aliphatic heterocycles. The Morgan fingerprint density at radius 1 is 1.46 bits per heavy atom. The fourth-order valence-electron chi connectivity index (χ4n) is 2.72. The van der Waals surface area contributed by atoms with Gasteiger partial charge in [-0.25, -0.2) is 4.39 Å². The van der Waals surface area contributed by atoms with E-state index in [1.807, 2.05) is 0 Å². The van der Waals surface area contributed by atoms with Crippen LogP contribution in [0.5, 0.6) is 0 Å². The number of nitro benzene ring substituents is 1. The molecule has 1 atom stereocenters. The lowest BCUT2D eigenvalue weighted by atomic mass is 9.96. The number of nitrogens with two attached hydrogens (primary N) is 1. The lowest BCUT2D eigenvalue weighted by molar-refractivity contribution is -0.385. The van der Waals surface area contributed by atoms with E-state index in [1.165, 1.54) is 4.90 Å². The number of carbonyl (C=O) groups excluding carboxylic acids is 2. The summed E-state index contributed by atoms with van der Waals surface area (Å²) in [5.74, 6) is -1.97. The Balaban J connectivity index is 2.16. The minimum Gasteiger partial charge on any atom is -0.355 e. The number of halogens is 1. The number of benzene rings is 1. The number of nitro groups is 1. The van der Waals surface area contributed by atoms with E-state index in [4.69, 9.17) is 5.73 Å². The number of likely N-dealkylation sites (tertiary alicyclic amines) is 1. The van der Waals surface area contributed by atoms with Gasteiger partial charge in [0.05, 0.1) is 10.8 Å². The molecule has 130 valence electrons. The van der Waals surface area contributed by atoms with Crippen LogP contribution in [0.4, 0.5) is 10.1 Å². The summed E-state index contributed by atoms with van der Waals surface area (Å²) < 4.78 is 13.4. The zero-order valence-electron chi connectivity index (χ0n) is 13.0. The Labute approximate surface area is 138 Å². The predicted octanol–water partition coefficient (Wildman–Crippen LogP) is 0.661. The van der Waals surface area contributed by atoms with Gasteiger partial charge in [0, 0.05) is 32.2 Å². The molecule has 0 spiro atoms. The zero-order chi connectivity index (χ0) is 17.7. The van der Waals surface area contributed by atoms with Gasteiger partial charge in [0.1, 0.15) is 11.4 Å². The minimum absolute atomic E-state index is 0.142. The minimum atomic E-state index is -0.724. The maximum Gasteiger partial charge on any atom is 0.282 e. The maximum atomic E-state index is 13.4. The number of hydrogen-bond donors (Lipinski definition) is 2. The molecule has 9 heteroatoms. The molecule has 24 heavy (non-hydrogen) atoms. The van der Waals surface area contributed by atoms with E-state index >= 15 is 0 Å². The molecule has 2 rings (SSSR count). The summed E-state index contributed by atoms with van der Waals surface area (Å²) in [7, 11) is 0. The topological polar surface area (TPSA) is 119 Å². The van der Waals surface area contributed by atoms with Crippen molar-refractivity contribution in [3.8, 4) is 0 Å². The van der Waals surface area contributed by atoms with Crippen LogP contribution in [0.15, 0.2) is 18.2 Å². The van der Waals surface area contributed by atoms with Crippen LogP contribution in [-0.2, 0) is 4.79 Å². The van der Waals surface area contributed by atoms with E-state index in [0.29, 0.717) is 32.5 Å². The number of piperidine rings is 1. The first-order chi connectivity index (χ1) is 11.4. The molecular weight excluding hydrogens is 319 g/mol. The predicted molar refractivity (Wildman–Crippen MR) is 83.7 cm³/mol. The molecule has 0 saturated carbocycles. The van der Waals surface area contributed by atoms with E-state index in [-0.39, 0.29) is 18.0 Å². The van der Waals surface area contributed by atoms with Gasteiger partial charge in [-0.1, -0.05) is 0 Å². The maximum absolute atomic E-state index is 13.4. The molecule has 1 unspecified atom stereocenters. The Morgan fingerprint density at radius 2 is 2.21 bits per heavy atom. The van der Waals surface area contributed by atoms with Crippen LogP contribution in [0.2, 0.25) is 0 Å². The first kappa shape index (κ1) is 17.8. The monoisotopic (exact) mass is 338 g/mol. The van der Waals surface area contributed by atoms with Crippen molar-refractivity contribution in [1.82, 2.24) is 10.2 Å². The molecule has 3 N–H and O–H groups in total. The van der Waals surface area contributed by atoms with Gasteiger partial charge in [0.2, 0.25) is 5.91 Å². The summed E-state index contributed by atoms with van der Waals surface area (Å²) >= 11 is 0. The molecule has 0 radical (unpaired) electrons. The average Bonchev–Trinajstić information content (AvgIpc) is 2.58. The second-order valence-corrected chi connectivity index (χ2v) is 5.59. The van der Waals surface area contributed by atoms with Crippen LogP contribution in [0.1, 0.15) is 23.2 Å². The lowest BCUT2D eigenvalue weighted by Crippen LogP contribution is -2.46. The standard InChI is InChI=1S/C15H19FN4O4/c16-11-3-4-13(20(23)24)12(8-11)15(22)19-7-1-2-10(9-19)14(21)18-6-5-17/h3-4,8,10H,1-2,5-7,9,17H2,(H,18,21). The van der Waals surface area contributed by atoms with Gasteiger partial charge >= 0.3 is 0 Å². The highest BCUT2D eigenvalue weighted by Gasteiger charge is 2.31. The van der Waals surface area contributed by atoms with Gasteiger partial charge < -0.3 is 16.0 Å². The lowest BCUT2D eigenvalue weighted by Gasteiger charge is -2.32. The van der Waals surface area contributed by atoms with Gasteiger partial charge in [-0.05, 0) is 25.0 Å². The second kappa shape index (κ2) is 7.82. The largest absolute Gasteiger partial charge is 0.355 e. The molecule has 0 aromatic heterocycles. The Hall–Kier alpha value is -2.55. The molecular formula is C15H19FN4O4. The highest BCUT2D eigenvalue weighted by molar-refractivity contribution is 5.98. The fourth-order valence-corrected chi connectivity index (χ4v) is 2.72. The van der Waals surface area contributed by atoms with Gasteiger partial charge in [-0.3, -0.25) is 19.7 Å². The zero-order valence-corrected chi connectivity index (χ0v) is 13.0. The molecule has 1 fully saturated rings. The number of carbonyl (C=O) groups is 2. The first-order valence-corrected chi connectivity index (χ1v) is 7.65. The highest BCUT2D eigenvalue weighted by atomic mass is 19.1. The molecule has 8 nitrogen and oxygen atoms in total. The van der Waals surface area contributed by atoms with E-state index in [9.17, 15) is 24.1 Å². The molecule has 0 bridgehead atoms. The molecule has 2 amide bonds. The number of rotatable bonds is 5. The summed E-state index contributed by atoms with van der Waals surface area (Å²) in [6, 6.07) is 2.77. The van der Waals surface area contributed by atoms with E-state index in [0.717, 1.165) is 18.2 Å². The normalized spacial score (nSPS) is 17.4. The number of nitrogens with zero attached hydrogens (tertiary/aromatic N) is 2. The van der Waals surface area contributed by atoms with Crippen molar-refractivity contribution in [1.29, 1.82) is 0 Å².